The summed E-state index contributed by atoms with van der Waals surface area (Å²) in [5.74, 6) is 0.916. The van der Waals surface area contributed by atoms with Crippen LogP contribution in [0.25, 0.3) is 27.7 Å². The zero-order valence-electron chi connectivity index (χ0n) is 18.2. The van der Waals surface area contributed by atoms with Crippen LogP contribution in [0, 0.1) is 0 Å². The van der Waals surface area contributed by atoms with E-state index in [0.29, 0.717) is 29.0 Å². The molecule has 2 aromatic carbocycles. The number of pyridine rings is 1. The first-order valence-electron chi connectivity index (χ1n) is 10.4. The molecule has 0 spiro atoms. The van der Waals surface area contributed by atoms with Crippen LogP contribution in [0.15, 0.2) is 42.5 Å². The van der Waals surface area contributed by atoms with Gasteiger partial charge in [-0.15, -0.1) is 6.54 Å². The molecule has 0 saturated carbocycles. The number of nitrogens with two attached hydrogens (primary N) is 1. The second-order valence-electron chi connectivity index (χ2n) is 7.63. The Morgan fingerprint density at radius 2 is 1.84 bits per heavy atom. The molecule has 4 rings (SSSR count). The smallest absolute Gasteiger partial charge is 0.337 e. The minimum absolute atomic E-state index is 0. The maximum Gasteiger partial charge on any atom is 0.337 e. The molecule has 8 heteroatoms. The van der Waals surface area contributed by atoms with Crippen molar-refractivity contribution in [2.75, 3.05) is 12.8 Å². The number of anilines is 1. The molecular formula is C24H26N5O2W-. The molecule has 0 saturated heterocycles. The number of esters is 1. The van der Waals surface area contributed by atoms with Gasteiger partial charge >= 0.3 is 5.97 Å². The largest absolute Gasteiger partial charge is 0.674 e. The normalized spacial score (nSPS) is 11.0. The van der Waals surface area contributed by atoms with Crippen molar-refractivity contribution >= 4 is 33.7 Å². The van der Waals surface area contributed by atoms with Crippen LogP contribution in [0.1, 0.15) is 47.1 Å². The molecule has 0 fully saturated rings. The Bertz CT molecular complexity index is 1250. The third-order valence-electron chi connectivity index (χ3n) is 5.53. The van der Waals surface area contributed by atoms with Gasteiger partial charge in [0.1, 0.15) is 11.3 Å². The number of hydrogen-bond donors (Lipinski definition) is 1. The van der Waals surface area contributed by atoms with Crippen molar-refractivity contribution in [1.82, 2.24) is 14.5 Å². The second kappa shape index (κ2) is 10.2. The average molecular weight is 600 g/mol. The van der Waals surface area contributed by atoms with Crippen molar-refractivity contribution in [1.29, 1.82) is 0 Å². The van der Waals surface area contributed by atoms with E-state index < -0.39 is 5.97 Å². The van der Waals surface area contributed by atoms with Crippen LogP contribution in [0.4, 0.5) is 5.82 Å². The third kappa shape index (κ3) is 4.54. The Kier molecular flexibility index (Phi) is 7.64. The second-order valence-corrected chi connectivity index (χ2v) is 7.63. The number of ether oxygens (including phenoxy) is 1. The summed E-state index contributed by atoms with van der Waals surface area (Å²) in [7, 11) is 1.36. The number of aryl methyl sites for hydroxylation is 1. The Morgan fingerprint density at radius 3 is 2.50 bits per heavy atom. The van der Waals surface area contributed by atoms with Gasteiger partial charge in [-0.25, -0.2) is 14.8 Å². The van der Waals surface area contributed by atoms with E-state index in [4.69, 9.17) is 21.2 Å². The summed E-state index contributed by atoms with van der Waals surface area (Å²) in [5.41, 5.74) is 18.6. The first-order chi connectivity index (χ1) is 15.0. The van der Waals surface area contributed by atoms with Gasteiger partial charge in [0.05, 0.1) is 23.7 Å². The predicted molar refractivity (Wildman–Crippen MR) is 123 cm³/mol. The summed E-state index contributed by atoms with van der Waals surface area (Å²) < 4.78 is 7.05. The topological polar surface area (TPSA) is 107 Å². The Hall–Kier alpha value is -2.76. The molecular weight excluding hydrogens is 574 g/mol. The van der Waals surface area contributed by atoms with Gasteiger partial charge in [0, 0.05) is 39.4 Å². The van der Waals surface area contributed by atoms with Crippen LogP contribution in [0.3, 0.4) is 0 Å². The van der Waals surface area contributed by atoms with Crippen molar-refractivity contribution in [3.63, 3.8) is 0 Å². The molecule has 0 aliphatic rings. The first kappa shape index (κ1) is 23.9. The molecule has 0 bridgehead atoms. The van der Waals surface area contributed by atoms with Gasteiger partial charge in [-0.3, -0.25) is 0 Å². The van der Waals surface area contributed by atoms with Crippen molar-refractivity contribution < 1.29 is 30.6 Å². The molecule has 2 heterocycles. The number of nitrogens with zero attached hydrogens (tertiary/aromatic N) is 3. The van der Waals surface area contributed by atoms with E-state index in [1.807, 2.05) is 18.2 Å². The van der Waals surface area contributed by atoms with Crippen LogP contribution >= 0.6 is 0 Å². The van der Waals surface area contributed by atoms with E-state index in [2.05, 4.69) is 28.6 Å². The minimum atomic E-state index is -0.408. The average Bonchev–Trinajstić information content (AvgIpc) is 3.16. The summed E-state index contributed by atoms with van der Waals surface area (Å²) >= 11 is 0. The molecule has 7 nitrogen and oxygen atoms in total. The number of nitrogens with one attached hydrogen (secondary N) is 1. The van der Waals surface area contributed by atoms with Gasteiger partial charge in [-0.2, -0.15) is 0 Å². The van der Waals surface area contributed by atoms with Gasteiger partial charge in [0.15, 0.2) is 5.82 Å². The number of carbonyl (C=O) groups is 1. The quantitative estimate of drug-likeness (QED) is 0.304. The van der Waals surface area contributed by atoms with Gasteiger partial charge in [0.25, 0.3) is 0 Å². The summed E-state index contributed by atoms with van der Waals surface area (Å²) in [4.78, 5) is 21.4. The Labute approximate surface area is 201 Å². The molecule has 3 N–H and O–H groups in total. The van der Waals surface area contributed by atoms with E-state index in [1.54, 1.807) is 12.1 Å². The maximum atomic E-state index is 12.0. The summed E-state index contributed by atoms with van der Waals surface area (Å²) in [6, 6.07) is 13.4. The van der Waals surface area contributed by atoms with Crippen LogP contribution in [-0.4, -0.2) is 27.6 Å². The number of hydrogen-bond acceptors (Lipinski definition) is 5. The number of carbonyl (C=O) groups excluding carboxylic acids is 1. The van der Waals surface area contributed by atoms with Crippen LogP contribution in [-0.2, 0) is 45.3 Å². The van der Waals surface area contributed by atoms with Crippen molar-refractivity contribution in [2.24, 2.45) is 0 Å². The molecule has 0 aliphatic heterocycles. The third-order valence-corrected chi connectivity index (χ3v) is 5.53. The Morgan fingerprint density at radius 1 is 1.12 bits per heavy atom. The van der Waals surface area contributed by atoms with Crippen molar-refractivity contribution in [2.45, 2.75) is 39.3 Å². The molecule has 0 radical (unpaired) electrons. The van der Waals surface area contributed by atoms with Gasteiger partial charge < -0.3 is 20.8 Å². The van der Waals surface area contributed by atoms with E-state index in [0.717, 1.165) is 47.1 Å². The summed E-state index contributed by atoms with van der Waals surface area (Å²) in [5, 5.41) is 0.898. The number of methoxy groups -OCH3 is 1. The van der Waals surface area contributed by atoms with E-state index in [9.17, 15) is 4.79 Å². The van der Waals surface area contributed by atoms with Crippen LogP contribution < -0.4 is 5.73 Å². The number of benzene rings is 2. The molecule has 0 aliphatic carbocycles. The monoisotopic (exact) mass is 600 g/mol. The summed E-state index contributed by atoms with van der Waals surface area (Å²) in [6.07, 6.45) is 2.94. The first-order valence-corrected chi connectivity index (χ1v) is 10.4. The molecule has 2 aromatic heterocycles. The van der Waals surface area contributed by atoms with Crippen molar-refractivity contribution in [3.8, 4) is 0 Å². The van der Waals surface area contributed by atoms with E-state index in [-0.39, 0.29) is 27.6 Å². The number of imidazole rings is 1. The molecule has 4 aromatic rings. The fourth-order valence-corrected chi connectivity index (χ4v) is 3.84. The van der Waals surface area contributed by atoms with Crippen LogP contribution in [0.5, 0.6) is 0 Å². The predicted octanol–water partition coefficient (Wildman–Crippen LogP) is 4.89. The number of nitrogen functional groups attached to an aromatic ring is 1. The number of unbranched alkanes of at least 4 members (excludes halogenated alkanes) is 1. The molecule has 166 valence electrons. The SMILES string of the molecule is CCCCc1nc2c(N)nc3cc(C(=O)OC)ccc3c2n1Cc1ccc(C[NH-])cc1.[W]. The molecule has 0 atom stereocenters. The van der Waals surface area contributed by atoms with Gasteiger partial charge in [-0.1, -0.05) is 43.2 Å². The fourth-order valence-electron chi connectivity index (χ4n) is 3.84. The number of fused-ring (bicyclic) bond motifs is 3. The number of rotatable bonds is 7. The molecule has 0 unspecified atom stereocenters. The Balaban J connectivity index is 0.00000289. The number of aromatic nitrogens is 3. The standard InChI is InChI=1S/C24H26N5O2.W/c1-3-4-5-20-28-21-22(29(20)14-16-8-6-15(13-25)7-9-16)18-11-10-17(24(30)31-2)12-19(18)27-23(21)26;/h6-12,25H,3-5,13-14H2,1-2H3,(H2,26,27);/q-1;. The summed E-state index contributed by atoms with van der Waals surface area (Å²) in [6.45, 7) is 3.07. The zero-order chi connectivity index (χ0) is 22.0. The van der Waals surface area contributed by atoms with E-state index >= 15 is 0 Å². The van der Waals surface area contributed by atoms with Gasteiger partial charge in [-0.05, 0) is 30.2 Å². The minimum Gasteiger partial charge on any atom is -0.674 e. The zero-order valence-corrected chi connectivity index (χ0v) is 21.2. The molecule has 32 heavy (non-hydrogen) atoms. The van der Waals surface area contributed by atoms with Crippen LogP contribution in [0.2, 0.25) is 0 Å². The maximum absolute atomic E-state index is 12.0. The van der Waals surface area contributed by atoms with Gasteiger partial charge in [0.2, 0.25) is 0 Å². The fraction of sp³-hybridized carbons (Fsp3) is 0.292. The molecule has 0 amide bonds. The van der Waals surface area contributed by atoms with E-state index in [1.165, 1.54) is 7.11 Å². The van der Waals surface area contributed by atoms with Crippen molar-refractivity contribution in [3.05, 3.63) is 70.7 Å².